The Balaban J connectivity index is 0.00000441. The second-order valence-corrected chi connectivity index (χ2v) is 9.37. The van der Waals surface area contributed by atoms with Gasteiger partial charge in [-0.15, -0.1) is 0 Å². The Bertz CT molecular complexity index is 1230. The molecular weight excluding hydrogens is 524 g/mol. The minimum absolute atomic E-state index is 0. The first kappa shape index (κ1) is 30.6. The van der Waals surface area contributed by atoms with Crippen molar-refractivity contribution >= 4 is 18.0 Å². The highest BCUT2D eigenvalue weighted by Crippen LogP contribution is 2.35. The molecule has 2 aliphatic rings. The number of halogens is 2. The van der Waals surface area contributed by atoms with E-state index in [2.05, 4.69) is 20.5 Å². The number of methoxy groups -OCH3 is 1. The molecule has 3 N–H and O–H groups in total. The average molecular weight is 560 g/mol. The number of amides is 4. The van der Waals surface area contributed by atoms with E-state index in [4.69, 9.17) is 4.74 Å². The van der Waals surface area contributed by atoms with Crippen molar-refractivity contribution in [1.29, 1.82) is 0 Å². The topological polar surface area (TPSA) is 124 Å². The molecule has 2 aromatic rings. The summed E-state index contributed by atoms with van der Waals surface area (Å²) in [6.45, 7) is 2.02. The molecule has 0 aliphatic carbocycles. The Morgan fingerprint density at radius 3 is 2.55 bits per heavy atom. The molecule has 0 spiro atoms. The molecule has 216 valence electrons. The van der Waals surface area contributed by atoms with Gasteiger partial charge in [-0.2, -0.15) is 0 Å². The van der Waals surface area contributed by atoms with Gasteiger partial charge in [-0.1, -0.05) is 19.6 Å². The molecule has 1 aromatic carbocycles. The summed E-state index contributed by atoms with van der Waals surface area (Å²) in [6.07, 6.45) is 4.39. The van der Waals surface area contributed by atoms with E-state index >= 15 is 0 Å². The first-order chi connectivity index (χ1) is 18.8. The van der Waals surface area contributed by atoms with Crippen LogP contribution in [0.5, 0.6) is 0 Å². The van der Waals surface area contributed by atoms with Crippen molar-refractivity contribution < 1.29 is 33.0 Å². The third-order valence-corrected chi connectivity index (χ3v) is 7.00. The number of esters is 1. The molecule has 12 heteroatoms. The number of likely N-dealkylation sites (tertiary alicyclic amines) is 1. The van der Waals surface area contributed by atoms with Crippen molar-refractivity contribution in [3.05, 3.63) is 76.8 Å². The Morgan fingerprint density at radius 2 is 1.93 bits per heavy atom. The quantitative estimate of drug-likeness (QED) is 0.334. The van der Waals surface area contributed by atoms with Crippen LogP contribution in [0.15, 0.2) is 53.9 Å². The number of ether oxygens (including phenoxy) is 1. The summed E-state index contributed by atoms with van der Waals surface area (Å²) >= 11 is 0. The second-order valence-electron chi connectivity index (χ2n) is 9.37. The SMILES string of the molecule is C.COC(=O)C1=C(CO)NC(=O)N(C(=O)NCCCN2CCC(c3ccccn3)CC2)C1c1ccc(F)c(F)c1. The average Bonchev–Trinajstić information content (AvgIpc) is 2.96. The predicted molar refractivity (Wildman–Crippen MR) is 143 cm³/mol. The summed E-state index contributed by atoms with van der Waals surface area (Å²) in [5, 5.41) is 14.7. The number of nitrogens with zero attached hydrogens (tertiary/aromatic N) is 3. The van der Waals surface area contributed by atoms with Crippen molar-refractivity contribution in [2.24, 2.45) is 0 Å². The number of aromatic nitrogens is 1. The third kappa shape index (κ3) is 6.80. The van der Waals surface area contributed by atoms with Crippen LogP contribution in [0.3, 0.4) is 0 Å². The summed E-state index contributed by atoms with van der Waals surface area (Å²) in [5.74, 6) is -2.87. The van der Waals surface area contributed by atoms with Gasteiger partial charge in [0.1, 0.15) is 6.04 Å². The monoisotopic (exact) mass is 559 g/mol. The second kappa shape index (κ2) is 13.9. The number of hydrogen-bond donors (Lipinski definition) is 3. The fourth-order valence-electron chi connectivity index (χ4n) is 5.00. The van der Waals surface area contributed by atoms with Crippen LogP contribution >= 0.6 is 0 Å². The van der Waals surface area contributed by atoms with Crippen LogP contribution in [0.2, 0.25) is 0 Å². The molecular formula is C28H35F2N5O5. The van der Waals surface area contributed by atoms with Crippen LogP contribution in [0.1, 0.15) is 49.9 Å². The number of hydrogen-bond acceptors (Lipinski definition) is 7. The van der Waals surface area contributed by atoms with Gasteiger partial charge in [-0.25, -0.2) is 28.1 Å². The highest BCUT2D eigenvalue weighted by Gasteiger charge is 2.43. The number of benzene rings is 1. The lowest BCUT2D eigenvalue weighted by molar-refractivity contribution is -0.137. The molecule has 0 saturated carbocycles. The number of urea groups is 2. The number of carbonyl (C=O) groups is 3. The number of carbonyl (C=O) groups excluding carboxylic acids is 3. The van der Waals surface area contributed by atoms with Crippen LogP contribution in [-0.4, -0.2) is 77.8 Å². The summed E-state index contributed by atoms with van der Waals surface area (Å²) in [4.78, 5) is 46.2. The zero-order valence-corrected chi connectivity index (χ0v) is 21.5. The smallest absolute Gasteiger partial charge is 0.338 e. The van der Waals surface area contributed by atoms with E-state index in [9.17, 15) is 28.3 Å². The van der Waals surface area contributed by atoms with Crippen LogP contribution in [0.25, 0.3) is 0 Å². The van der Waals surface area contributed by atoms with Gasteiger partial charge in [0.05, 0.1) is 25.0 Å². The Labute approximate surface area is 232 Å². The maximum absolute atomic E-state index is 14.1. The van der Waals surface area contributed by atoms with Gasteiger partial charge < -0.3 is 25.4 Å². The Kier molecular flexibility index (Phi) is 10.7. The lowest BCUT2D eigenvalue weighted by Crippen LogP contribution is -2.55. The third-order valence-electron chi connectivity index (χ3n) is 7.00. The van der Waals surface area contributed by atoms with E-state index in [0.717, 1.165) is 63.5 Å². The van der Waals surface area contributed by atoms with Gasteiger partial charge >= 0.3 is 18.0 Å². The zero-order chi connectivity index (χ0) is 27.9. The molecule has 1 aromatic heterocycles. The number of aliphatic hydroxyl groups excluding tert-OH is 1. The van der Waals surface area contributed by atoms with Gasteiger partial charge in [0.15, 0.2) is 11.6 Å². The number of aliphatic hydroxyl groups is 1. The highest BCUT2D eigenvalue weighted by atomic mass is 19.2. The molecule has 1 fully saturated rings. The number of nitrogens with one attached hydrogen (secondary N) is 2. The van der Waals surface area contributed by atoms with E-state index in [0.29, 0.717) is 17.2 Å². The van der Waals surface area contributed by atoms with E-state index in [1.165, 1.54) is 0 Å². The fourth-order valence-corrected chi connectivity index (χ4v) is 5.00. The largest absolute Gasteiger partial charge is 0.466 e. The van der Waals surface area contributed by atoms with Gasteiger partial charge in [-0.3, -0.25) is 4.98 Å². The van der Waals surface area contributed by atoms with Crippen LogP contribution in [0.4, 0.5) is 18.4 Å². The van der Waals surface area contributed by atoms with E-state index in [-0.39, 0.29) is 30.8 Å². The first-order valence-electron chi connectivity index (χ1n) is 12.7. The van der Waals surface area contributed by atoms with E-state index in [1.807, 2.05) is 18.2 Å². The first-order valence-corrected chi connectivity index (χ1v) is 12.7. The summed E-state index contributed by atoms with van der Waals surface area (Å²) in [5.41, 5.74) is 0.599. The number of pyridine rings is 1. The predicted octanol–water partition coefficient (Wildman–Crippen LogP) is 3.46. The van der Waals surface area contributed by atoms with Crippen molar-refractivity contribution in [2.45, 2.75) is 38.6 Å². The minimum Gasteiger partial charge on any atom is -0.466 e. The normalized spacial score (nSPS) is 18.1. The van der Waals surface area contributed by atoms with Gasteiger partial charge in [0.2, 0.25) is 0 Å². The molecule has 0 radical (unpaired) electrons. The Morgan fingerprint density at radius 1 is 1.18 bits per heavy atom. The molecule has 1 saturated heterocycles. The summed E-state index contributed by atoms with van der Waals surface area (Å²) in [7, 11) is 1.09. The summed E-state index contributed by atoms with van der Waals surface area (Å²) < 4.78 is 32.5. The number of piperidine rings is 1. The van der Waals surface area contributed by atoms with E-state index < -0.39 is 42.3 Å². The molecule has 1 atom stereocenters. The number of imide groups is 1. The lowest BCUT2D eigenvalue weighted by atomic mass is 9.93. The summed E-state index contributed by atoms with van der Waals surface area (Å²) in [6, 6.07) is 5.51. The molecule has 2 aliphatic heterocycles. The molecule has 0 bridgehead atoms. The van der Waals surface area contributed by atoms with Crippen LogP contribution in [-0.2, 0) is 9.53 Å². The highest BCUT2D eigenvalue weighted by molar-refractivity contribution is 6.01. The molecule has 1 unspecified atom stereocenters. The van der Waals surface area contributed by atoms with E-state index in [1.54, 1.807) is 6.20 Å². The van der Waals surface area contributed by atoms with Crippen LogP contribution in [0, 0.1) is 11.6 Å². The van der Waals surface area contributed by atoms with Gasteiger partial charge in [0.25, 0.3) is 0 Å². The van der Waals surface area contributed by atoms with Gasteiger partial charge in [-0.05, 0) is 68.7 Å². The van der Waals surface area contributed by atoms with Crippen molar-refractivity contribution in [3.63, 3.8) is 0 Å². The van der Waals surface area contributed by atoms with Crippen LogP contribution < -0.4 is 10.6 Å². The van der Waals surface area contributed by atoms with Crippen molar-refractivity contribution in [3.8, 4) is 0 Å². The van der Waals surface area contributed by atoms with Crippen molar-refractivity contribution in [2.75, 3.05) is 39.9 Å². The molecule has 4 amide bonds. The molecule has 3 heterocycles. The lowest BCUT2D eigenvalue weighted by Gasteiger charge is -2.36. The van der Waals surface area contributed by atoms with Gasteiger partial charge in [0, 0.05) is 24.4 Å². The van der Waals surface area contributed by atoms with Crippen molar-refractivity contribution in [1.82, 2.24) is 25.4 Å². The zero-order valence-electron chi connectivity index (χ0n) is 21.5. The Hall–Kier alpha value is -3.90. The maximum atomic E-state index is 14.1. The maximum Gasteiger partial charge on any atom is 0.338 e. The molecule has 10 nitrogen and oxygen atoms in total. The minimum atomic E-state index is -1.45. The standard InChI is InChI=1S/C27H31F2N5O5.CH4/c1-39-25(36)23-22(16-35)32-27(38)34(24(23)18-6-7-19(28)20(29)15-18)26(37)31-11-4-12-33-13-8-17(9-14-33)21-5-2-3-10-30-21;/h2-3,5-7,10,15,17,24,35H,4,8-9,11-14,16H2,1H3,(H,31,37)(H,32,38);1H4. The molecule has 40 heavy (non-hydrogen) atoms. The number of rotatable bonds is 8. The molecule has 4 rings (SSSR count). The fraction of sp³-hybridized carbons (Fsp3) is 0.429.